The average molecular weight is 267 g/mol. The van der Waals surface area contributed by atoms with Crippen LogP contribution in [0.5, 0.6) is 0 Å². The number of aliphatic hydroxyl groups excluding tert-OH is 1. The molecular formula is C13H21N3O3. The van der Waals surface area contributed by atoms with E-state index in [2.05, 4.69) is 12.1 Å². The molecule has 1 atom stereocenters. The lowest BCUT2D eigenvalue weighted by Gasteiger charge is -2.19. The Hall–Kier alpha value is -1.56. The largest absolute Gasteiger partial charge is 0.371 e. The smallest absolute Gasteiger partial charge is 0.328 e. The van der Waals surface area contributed by atoms with E-state index in [1.165, 1.54) is 4.90 Å². The van der Waals surface area contributed by atoms with Gasteiger partial charge >= 0.3 is 6.03 Å². The molecule has 6 heteroatoms. The summed E-state index contributed by atoms with van der Waals surface area (Å²) in [6.45, 7) is 6.24. The van der Waals surface area contributed by atoms with Gasteiger partial charge in [0.05, 0.1) is 6.54 Å². The second kappa shape index (κ2) is 5.61. The summed E-state index contributed by atoms with van der Waals surface area (Å²) < 4.78 is 5.20. The second-order valence-corrected chi connectivity index (χ2v) is 5.13. The minimum absolute atomic E-state index is 0.0543. The number of amides is 2. The lowest BCUT2D eigenvalue weighted by atomic mass is 10.2. The van der Waals surface area contributed by atoms with Gasteiger partial charge in [-0.2, -0.15) is 0 Å². The first-order valence-electron chi connectivity index (χ1n) is 6.78. The number of aromatic nitrogens is 1. The number of carbonyl (C=O) groups is 1. The number of aliphatic hydroxyl groups is 1. The van der Waals surface area contributed by atoms with Crippen LogP contribution in [-0.4, -0.2) is 40.0 Å². The van der Waals surface area contributed by atoms with Gasteiger partial charge in [0.1, 0.15) is 5.76 Å². The van der Waals surface area contributed by atoms with Gasteiger partial charge in [-0.3, -0.25) is 0 Å². The SMILES string of the molecule is CCCCc1cc(N2C(=O)N(C(C)C)CC2O)no1. The van der Waals surface area contributed by atoms with Crippen molar-refractivity contribution in [1.82, 2.24) is 10.1 Å². The molecule has 1 aliphatic heterocycles. The highest BCUT2D eigenvalue weighted by atomic mass is 16.5. The van der Waals surface area contributed by atoms with E-state index in [9.17, 15) is 9.90 Å². The summed E-state index contributed by atoms with van der Waals surface area (Å²) in [5.41, 5.74) is 0. The van der Waals surface area contributed by atoms with Crippen LogP contribution in [0.3, 0.4) is 0 Å². The van der Waals surface area contributed by atoms with E-state index < -0.39 is 6.23 Å². The van der Waals surface area contributed by atoms with Crippen molar-refractivity contribution in [3.8, 4) is 0 Å². The van der Waals surface area contributed by atoms with Crippen molar-refractivity contribution >= 4 is 11.8 Å². The fourth-order valence-electron chi connectivity index (χ4n) is 2.17. The normalized spacial score (nSPS) is 19.8. The molecule has 1 aliphatic rings. The number of nitrogens with zero attached hydrogens (tertiary/aromatic N) is 3. The molecule has 1 N–H and O–H groups in total. The first-order chi connectivity index (χ1) is 9.04. The minimum atomic E-state index is -0.862. The van der Waals surface area contributed by atoms with Crippen LogP contribution >= 0.6 is 0 Å². The van der Waals surface area contributed by atoms with Crippen LogP contribution < -0.4 is 4.90 Å². The summed E-state index contributed by atoms with van der Waals surface area (Å²) >= 11 is 0. The predicted octanol–water partition coefficient (Wildman–Crippen LogP) is 1.99. The maximum absolute atomic E-state index is 12.2. The second-order valence-electron chi connectivity index (χ2n) is 5.13. The Morgan fingerprint density at radius 3 is 2.89 bits per heavy atom. The number of β-amino-alcohol motifs (C(OH)–C–C–N with tert-alkyl or cyclic N) is 1. The van der Waals surface area contributed by atoms with Gasteiger partial charge in [-0.25, -0.2) is 9.69 Å². The molecular weight excluding hydrogens is 246 g/mol. The van der Waals surface area contributed by atoms with Crippen molar-refractivity contribution in [1.29, 1.82) is 0 Å². The summed E-state index contributed by atoms with van der Waals surface area (Å²) in [7, 11) is 0. The molecule has 0 aromatic carbocycles. The standard InChI is InChI=1S/C13H21N3O3/c1-4-5-6-10-7-11(14-19-10)16-12(17)8-15(9(2)3)13(16)18/h7,9,12,17H,4-6,8H2,1-3H3. The third-order valence-electron chi connectivity index (χ3n) is 3.30. The molecule has 1 aromatic heterocycles. The van der Waals surface area contributed by atoms with Gasteiger partial charge in [-0.05, 0) is 20.3 Å². The van der Waals surface area contributed by atoms with E-state index in [-0.39, 0.29) is 12.1 Å². The molecule has 0 saturated carbocycles. The lowest BCUT2D eigenvalue weighted by molar-refractivity contribution is 0.166. The Balaban J connectivity index is 2.12. The zero-order valence-electron chi connectivity index (χ0n) is 11.7. The summed E-state index contributed by atoms with van der Waals surface area (Å²) in [5, 5.41) is 13.9. The number of rotatable bonds is 5. The molecule has 0 aliphatic carbocycles. The number of unbranched alkanes of at least 4 members (excludes halogenated alkanes) is 1. The average Bonchev–Trinajstić information content (AvgIpc) is 2.91. The van der Waals surface area contributed by atoms with Crippen molar-refractivity contribution in [3.05, 3.63) is 11.8 Å². The fraction of sp³-hybridized carbons (Fsp3) is 0.692. The van der Waals surface area contributed by atoms with Crippen molar-refractivity contribution in [2.75, 3.05) is 11.4 Å². The molecule has 1 unspecified atom stereocenters. The lowest BCUT2D eigenvalue weighted by Crippen LogP contribution is -2.37. The summed E-state index contributed by atoms with van der Waals surface area (Å²) in [4.78, 5) is 15.1. The van der Waals surface area contributed by atoms with Crippen LogP contribution in [-0.2, 0) is 6.42 Å². The molecule has 0 radical (unpaired) electrons. The highest BCUT2D eigenvalue weighted by molar-refractivity contribution is 5.93. The van der Waals surface area contributed by atoms with Crippen molar-refractivity contribution in [3.63, 3.8) is 0 Å². The molecule has 6 nitrogen and oxygen atoms in total. The van der Waals surface area contributed by atoms with Crippen LogP contribution in [0.2, 0.25) is 0 Å². The molecule has 0 bridgehead atoms. The Labute approximate surface area is 113 Å². The Kier molecular flexibility index (Phi) is 4.09. The zero-order chi connectivity index (χ0) is 14.0. The quantitative estimate of drug-likeness (QED) is 0.885. The Morgan fingerprint density at radius 2 is 2.32 bits per heavy atom. The van der Waals surface area contributed by atoms with Gasteiger partial charge in [0.2, 0.25) is 0 Å². The highest BCUT2D eigenvalue weighted by Gasteiger charge is 2.39. The van der Waals surface area contributed by atoms with Gasteiger partial charge in [-0.1, -0.05) is 18.5 Å². The molecule has 1 fully saturated rings. The molecule has 19 heavy (non-hydrogen) atoms. The molecule has 2 heterocycles. The Morgan fingerprint density at radius 1 is 1.58 bits per heavy atom. The van der Waals surface area contributed by atoms with Gasteiger partial charge in [0.15, 0.2) is 12.0 Å². The number of aryl methyl sites for hydroxylation is 1. The minimum Gasteiger partial charge on any atom is -0.371 e. The van der Waals surface area contributed by atoms with Crippen LogP contribution in [0.15, 0.2) is 10.6 Å². The van der Waals surface area contributed by atoms with Gasteiger partial charge in [-0.15, -0.1) is 0 Å². The molecule has 106 valence electrons. The van der Waals surface area contributed by atoms with E-state index >= 15 is 0 Å². The number of anilines is 1. The van der Waals surface area contributed by atoms with Gasteiger partial charge in [0, 0.05) is 18.5 Å². The fourth-order valence-corrected chi connectivity index (χ4v) is 2.17. The number of hydrogen-bond acceptors (Lipinski definition) is 4. The van der Waals surface area contributed by atoms with E-state index in [1.54, 1.807) is 11.0 Å². The van der Waals surface area contributed by atoms with Crippen LogP contribution in [0.4, 0.5) is 10.6 Å². The van der Waals surface area contributed by atoms with Crippen LogP contribution in [0.25, 0.3) is 0 Å². The van der Waals surface area contributed by atoms with Crippen LogP contribution in [0.1, 0.15) is 39.4 Å². The first kappa shape index (κ1) is 13.9. The zero-order valence-corrected chi connectivity index (χ0v) is 11.7. The van der Waals surface area contributed by atoms with Gasteiger partial charge in [0.25, 0.3) is 0 Å². The topological polar surface area (TPSA) is 69.8 Å². The van der Waals surface area contributed by atoms with E-state index in [0.29, 0.717) is 12.4 Å². The van der Waals surface area contributed by atoms with E-state index in [0.717, 1.165) is 25.0 Å². The molecule has 2 rings (SSSR count). The third kappa shape index (κ3) is 2.73. The maximum atomic E-state index is 12.2. The van der Waals surface area contributed by atoms with Crippen molar-refractivity contribution in [2.45, 2.75) is 52.3 Å². The number of urea groups is 1. The third-order valence-corrected chi connectivity index (χ3v) is 3.30. The first-order valence-corrected chi connectivity index (χ1v) is 6.78. The summed E-state index contributed by atoms with van der Waals surface area (Å²) in [6.07, 6.45) is 2.03. The van der Waals surface area contributed by atoms with E-state index in [1.807, 2.05) is 13.8 Å². The summed E-state index contributed by atoms with van der Waals surface area (Å²) in [5.74, 6) is 1.15. The van der Waals surface area contributed by atoms with Gasteiger partial charge < -0.3 is 14.5 Å². The molecule has 1 saturated heterocycles. The van der Waals surface area contributed by atoms with Crippen molar-refractivity contribution < 1.29 is 14.4 Å². The van der Waals surface area contributed by atoms with Crippen LogP contribution in [0, 0.1) is 0 Å². The monoisotopic (exact) mass is 267 g/mol. The summed E-state index contributed by atoms with van der Waals surface area (Å²) in [6, 6.07) is 1.57. The Bertz CT molecular complexity index is 444. The number of carbonyl (C=O) groups excluding carboxylic acids is 1. The molecule has 0 spiro atoms. The molecule has 2 amide bonds. The maximum Gasteiger partial charge on any atom is 0.328 e. The highest BCUT2D eigenvalue weighted by Crippen LogP contribution is 2.25. The molecule has 1 aromatic rings. The van der Waals surface area contributed by atoms with E-state index in [4.69, 9.17) is 4.52 Å². The predicted molar refractivity (Wildman–Crippen MR) is 70.8 cm³/mol. The van der Waals surface area contributed by atoms with Crippen molar-refractivity contribution in [2.24, 2.45) is 0 Å². The number of hydrogen-bond donors (Lipinski definition) is 1.